The predicted molar refractivity (Wildman–Crippen MR) is 102 cm³/mol. The first-order valence-corrected chi connectivity index (χ1v) is 9.12. The Labute approximate surface area is 159 Å². The third kappa shape index (κ3) is 4.75. The summed E-state index contributed by atoms with van der Waals surface area (Å²) in [6.45, 7) is 1.47. The Morgan fingerprint density at radius 1 is 1.24 bits per heavy atom. The van der Waals surface area contributed by atoms with Crippen LogP contribution in [0.25, 0.3) is 11.4 Å². The second kappa shape index (κ2) is 7.91. The Balaban J connectivity index is 1.71. The number of halogens is 2. The van der Waals surface area contributed by atoms with Gasteiger partial charge in [0.1, 0.15) is 0 Å². The van der Waals surface area contributed by atoms with E-state index in [1.54, 1.807) is 12.1 Å². The molecule has 25 heavy (non-hydrogen) atoms. The summed E-state index contributed by atoms with van der Waals surface area (Å²) in [4.78, 5) is 15.6. The maximum atomic E-state index is 11.2. The number of rotatable bonds is 5. The number of carbonyl (C=O) groups is 1. The van der Waals surface area contributed by atoms with E-state index in [1.807, 2.05) is 30.3 Å². The van der Waals surface area contributed by atoms with E-state index >= 15 is 0 Å². The highest BCUT2D eigenvalue weighted by molar-refractivity contribution is 7.98. The first-order chi connectivity index (χ1) is 12.0. The first kappa shape index (κ1) is 17.8. The van der Waals surface area contributed by atoms with E-state index in [2.05, 4.69) is 20.5 Å². The van der Waals surface area contributed by atoms with Gasteiger partial charge in [-0.1, -0.05) is 53.2 Å². The van der Waals surface area contributed by atoms with E-state index in [9.17, 15) is 4.79 Å². The Morgan fingerprint density at radius 3 is 2.84 bits per heavy atom. The van der Waals surface area contributed by atoms with Crippen LogP contribution in [0.1, 0.15) is 12.5 Å². The number of aromatic nitrogens is 3. The third-order valence-electron chi connectivity index (χ3n) is 3.29. The second-order valence-electron chi connectivity index (χ2n) is 5.25. The van der Waals surface area contributed by atoms with Crippen LogP contribution >= 0.6 is 35.0 Å². The topological polar surface area (TPSA) is 70.7 Å². The monoisotopic (exact) mass is 392 g/mol. The highest BCUT2D eigenvalue weighted by atomic mass is 35.5. The fourth-order valence-corrected chi connectivity index (χ4v) is 3.53. The summed E-state index contributed by atoms with van der Waals surface area (Å²) < 4.78 is 0. The zero-order valence-corrected chi connectivity index (χ0v) is 15.5. The van der Waals surface area contributed by atoms with Crippen molar-refractivity contribution in [3.05, 3.63) is 58.1 Å². The first-order valence-electron chi connectivity index (χ1n) is 7.38. The molecule has 0 fully saturated rings. The highest BCUT2D eigenvalue weighted by Gasteiger charge is 2.09. The number of H-pyrrole nitrogens is 1. The van der Waals surface area contributed by atoms with Gasteiger partial charge in [-0.3, -0.25) is 9.89 Å². The van der Waals surface area contributed by atoms with Gasteiger partial charge >= 0.3 is 0 Å². The normalized spacial score (nSPS) is 10.7. The van der Waals surface area contributed by atoms with Crippen LogP contribution in [-0.2, 0) is 10.5 Å². The van der Waals surface area contributed by atoms with E-state index in [0.717, 1.165) is 11.1 Å². The van der Waals surface area contributed by atoms with Crippen molar-refractivity contribution in [2.24, 2.45) is 0 Å². The van der Waals surface area contributed by atoms with Crippen molar-refractivity contribution in [1.82, 2.24) is 15.2 Å². The molecule has 0 spiro atoms. The van der Waals surface area contributed by atoms with Gasteiger partial charge < -0.3 is 5.32 Å². The summed E-state index contributed by atoms with van der Waals surface area (Å²) in [6, 6.07) is 12.8. The molecule has 1 aromatic heterocycles. The molecule has 1 heterocycles. The molecule has 0 saturated carbocycles. The number of thioether (sulfide) groups is 1. The fourth-order valence-electron chi connectivity index (χ4n) is 2.17. The molecule has 3 aromatic rings. The summed E-state index contributed by atoms with van der Waals surface area (Å²) in [5.41, 5.74) is 2.52. The lowest BCUT2D eigenvalue weighted by Crippen LogP contribution is -2.05. The Morgan fingerprint density at radius 2 is 2.08 bits per heavy atom. The third-order valence-corrected chi connectivity index (χ3v) is 4.78. The number of hydrogen-bond acceptors (Lipinski definition) is 4. The maximum absolute atomic E-state index is 11.2. The van der Waals surface area contributed by atoms with E-state index in [4.69, 9.17) is 23.2 Å². The van der Waals surface area contributed by atoms with Crippen molar-refractivity contribution in [3.8, 4) is 11.4 Å². The molecular formula is C17H14Cl2N4OS. The van der Waals surface area contributed by atoms with E-state index in [-0.39, 0.29) is 5.91 Å². The van der Waals surface area contributed by atoms with Gasteiger partial charge in [-0.15, -0.1) is 5.10 Å². The van der Waals surface area contributed by atoms with Crippen molar-refractivity contribution in [1.29, 1.82) is 0 Å². The summed E-state index contributed by atoms with van der Waals surface area (Å²) in [5.74, 6) is 1.15. The summed E-state index contributed by atoms with van der Waals surface area (Å²) >= 11 is 13.6. The SMILES string of the molecule is CC(=O)Nc1cccc(-c2nc(SCc3ccc(Cl)cc3Cl)n[nH]2)c1. The molecule has 5 nitrogen and oxygen atoms in total. The number of hydrogen-bond donors (Lipinski definition) is 2. The van der Waals surface area contributed by atoms with Crippen LogP contribution in [0.15, 0.2) is 47.6 Å². The van der Waals surface area contributed by atoms with Gasteiger partial charge in [0, 0.05) is 34.0 Å². The zero-order chi connectivity index (χ0) is 17.8. The van der Waals surface area contributed by atoms with Crippen LogP contribution in [0.2, 0.25) is 10.0 Å². The Bertz CT molecular complexity index is 913. The van der Waals surface area contributed by atoms with E-state index < -0.39 is 0 Å². The van der Waals surface area contributed by atoms with Gasteiger partial charge in [-0.25, -0.2) is 4.98 Å². The van der Waals surface area contributed by atoms with Crippen molar-refractivity contribution in [2.45, 2.75) is 17.8 Å². The molecule has 2 N–H and O–H groups in total. The highest BCUT2D eigenvalue weighted by Crippen LogP contribution is 2.28. The van der Waals surface area contributed by atoms with Crippen LogP contribution in [0.3, 0.4) is 0 Å². The van der Waals surface area contributed by atoms with E-state index in [0.29, 0.717) is 32.5 Å². The molecule has 0 atom stereocenters. The van der Waals surface area contributed by atoms with Gasteiger partial charge in [0.25, 0.3) is 0 Å². The standard InChI is InChI=1S/C17H14Cl2N4OS/c1-10(24)20-14-4-2-3-11(7-14)16-21-17(23-22-16)25-9-12-5-6-13(18)8-15(12)19/h2-8H,9H2,1H3,(H,20,24)(H,21,22,23). The molecule has 128 valence electrons. The minimum atomic E-state index is -0.120. The summed E-state index contributed by atoms with van der Waals surface area (Å²) in [5, 5.41) is 11.7. The van der Waals surface area contributed by atoms with Crippen LogP contribution in [-0.4, -0.2) is 21.1 Å². The van der Waals surface area contributed by atoms with Gasteiger partial charge in [-0.2, -0.15) is 0 Å². The molecule has 1 amide bonds. The number of carbonyl (C=O) groups excluding carboxylic acids is 1. The predicted octanol–water partition coefficient (Wildman–Crippen LogP) is 5.03. The van der Waals surface area contributed by atoms with Gasteiger partial charge in [0.05, 0.1) is 0 Å². The molecule has 2 aromatic carbocycles. The average molecular weight is 393 g/mol. The number of nitrogens with one attached hydrogen (secondary N) is 2. The van der Waals surface area contributed by atoms with Crippen LogP contribution in [0, 0.1) is 0 Å². The molecule has 3 rings (SSSR count). The smallest absolute Gasteiger partial charge is 0.221 e. The number of nitrogens with zero attached hydrogens (tertiary/aromatic N) is 2. The minimum absolute atomic E-state index is 0.120. The van der Waals surface area contributed by atoms with E-state index in [1.165, 1.54) is 18.7 Å². The van der Waals surface area contributed by atoms with Crippen LogP contribution in [0.5, 0.6) is 0 Å². The van der Waals surface area contributed by atoms with Crippen molar-refractivity contribution in [3.63, 3.8) is 0 Å². The minimum Gasteiger partial charge on any atom is -0.326 e. The van der Waals surface area contributed by atoms with Gasteiger partial charge in [0.2, 0.25) is 11.1 Å². The molecule has 0 bridgehead atoms. The quantitative estimate of drug-likeness (QED) is 0.597. The lowest BCUT2D eigenvalue weighted by atomic mass is 10.2. The van der Waals surface area contributed by atoms with Crippen LogP contribution in [0.4, 0.5) is 5.69 Å². The second-order valence-corrected chi connectivity index (χ2v) is 7.04. The summed E-state index contributed by atoms with van der Waals surface area (Å²) in [6.07, 6.45) is 0. The number of amides is 1. The lowest BCUT2D eigenvalue weighted by Gasteiger charge is -2.03. The molecule has 0 unspecified atom stereocenters. The molecule has 0 aliphatic heterocycles. The van der Waals surface area contributed by atoms with Crippen molar-refractivity contribution < 1.29 is 4.79 Å². The zero-order valence-electron chi connectivity index (χ0n) is 13.2. The van der Waals surface area contributed by atoms with Gasteiger partial charge in [-0.05, 0) is 29.8 Å². The molecule has 8 heteroatoms. The van der Waals surface area contributed by atoms with Crippen molar-refractivity contribution >= 4 is 46.6 Å². The van der Waals surface area contributed by atoms with Gasteiger partial charge in [0.15, 0.2) is 5.82 Å². The molecule has 0 saturated heterocycles. The molecular weight excluding hydrogens is 379 g/mol. The number of benzene rings is 2. The maximum Gasteiger partial charge on any atom is 0.221 e. The Hall–Kier alpha value is -2.02. The largest absolute Gasteiger partial charge is 0.326 e. The number of aromatic amines is 1. The summed E-state index contributed by atoms with van der Waals surface area (Å²) in [7, 11) is 0. The molecule has 0 aliphatic carbocycles. The molecule has 0 radical (unpaired) electrons. The lowest BCUT2D eigenvalue weighted by molar-refractivity contribution is -0.114. The Kier molecular flexibility index (Phi) is 5.63. The average Bonchev–Trinajstić information content (AvgIpc) is 3.03. The molecule has 0 aliphatic rings. The van der Waals surface area contributed by atoms with Crippen molar-refractivity contribution in [2.75, 3.05) is 5.32 Å². The fraction of sp³-hybridized carbons (Fsp3) is 0.118. The number of anilines is 1. The van der Waals surface area contributed by atoms with Crippen LogP contribution < -0.4 is 5.32 Å².